The number of hydrogen-bond donors (Lipinski definition) is 1. The molecule has 1 aromatic heterocycles. The molecule has 1 fully saturated rings. The van der Waals surface area contributed by atoms with Crippen molar-refractivity contribution in [2.45, 2.75) is 52.2 Å². The first-order valence-corrected chi connectivity index (χ1v) is 8.19. The fraction of sp³-hybridized carbons (Fsp3) is 0.474. The lowest BCUT2D eigenvalue weighted by molar-refractivity contribution is 0.000292. The van der Waals surface area contributed by atoms with Crippen LogP contribution in [0, 0.1) is 13.8 Å². The van der Waals surface area contributed by atoms with E-state index < -0.39 is 5.60 Å². The van der Waals surface area contributed by atoms with Gasteiger partial charge in [0.2, 0.25) is 0 Å². The molecule has 23 heavy (non-hydrogen) atoms. The number of nitrogens with zero attached hydrogens (tertiary/aromatic N) is 2. The Bertz CT molecular complexity index is 762. The summed E-state index contributed by atoms with van der Waals surface area (Å²) in [5.74, 6) is -0.0250. The highest BCUT2D eigenvalue weighted by atomic mass is 16.3. The number of rotatable bonds is 2. The van der Waals surface area contributed by atoms with Crippen molar-refractivity contribution in [3.63, 3.8) is 0 Å². The zero-order chi connectivity index (χ0) is 16.8. The molecule has 1 amide bonds. The number of hydrogen-bond acceptors (Lipinski definition) is 3. The van der Waals surface area contributed by atoms with Crippen LogP contribution in [0.4, 0.5) is 0 Å². The summed E-state index contributed by atoms with van der Waals surface area (Å²) >= 11 is 0. The molecule has 1 aliphatic rings. The summed E-state index contributed by atoms with van der Waals surface area (Å²) in [6.45, 7) is 8.16. The third-order valence-electron chi connectivity index (χ3n) is 4.72. The van der Waals surface area contributed by atoms with Gasteiger partial charge in [-0.3, -0.25) is 9.78 Å². The number of fused-ring (bicyclic) bond motifs is 1. The summed E-state index contributed by atoms with van der Waals surface area (Å²) < 4.78 is 0. The Hall–Kier alpha value is -1.94. The third-order valence-corrected chi connectivity index (χ3v) is 4.72. The number of aliphatic hydroxyl groups is 1. The van der Waals surface area contributed by atoms with Gasteiger partial charge >= 0.3 is 0 Å². The van der Waals surface area contributed by atoms with Gasteiger partial charge in [-0.05, 0) is 58.7 Å². The maximum Gasteiger partial charge on any atom is 0.256 e. The van der Waals surface area contributed by atoms with E-state index in [2.05, 4.69) is 11.1 Å². The Kier molecular flexibility index (Phi) is 3.88. The van der Waals surface area contributed by atoms with Crippen LogP contribution < -0.4 is 0 Å². The van der Waals surface area contributed by atoms with Gasteiger partial charge in [-0.25, -0.2) is 0 Å². The maximum atomic E-state index is 13.0. The summed E-state index contributed by atoms with van der Waals surface area (Å²) in [5.41, 5.74) is 2.55. The smallest absolute Gasteiger partial charge is 0.256 e. The van der Waals surface area contributed by atoms with E-state index >= 15 is 0 Å². The molecule has 4 nitrogen and oxygen atoms in total. The lowest BCUT2D eigenvalue weighted by Crippen LogP contribution is -2.48. The minimum absolute atomic E-state index is 0.0250. The van der Waals surface area contributed by atoms with Crippen molar-refractivity contribution in [2.75, 3.05) is 6.54 Å². The van der Waals surface area contributed by atoms with Gasteiger partial charge in [0.15, 0.2) is 0 Å². The van der Waals surface area contributed by atoms with Crippen LogP contribution in [0.1, 0.15) is 48.3 Å². The number of aromatic nitrogens is 1. The van der Waals surface area contributed by atoms with Crippen LogP contribution in [-0.2, 0) is 0 Å². The Morgan fingerprint density at radius 2 is 2.04 bits per heavy atom. The largest absolute Gasteiger partial charge is 0.388 e. The van der Waals surface area contributed by atoms with Crippen molar-refractivity contribution in [3.8, 4) is 0 Å². The summed E-state index contributed by atoms with van der Waals surface area (Å²) in [4.78, 5) is 19.4. The first kappa shape index (κ1) is 15.9. The van der Waals surface area contributed by atoms with E-state index in [0.717, 1.165) is 35.0 Å². The second-order valence-corrected chi connectivity index (χ2v) is 7.13. The highest BCUT2D eigenvalue weighted by molar-refractivity contribution is 5.99. The van der Waals surface area contributed by atoms with E-state index in [-0.39, 0.29) is 11.9 Å². The van der Waals surface area contributed by atoms with Crippen molar-refractivity contribution in [1.82, 2.24) is 9.88 Å². The van der Waals surface area contributed by atoms with Crippen LogP contribution in [0.25, 0.3) is 10.9 Å². The van der Waals surface area contributed by atoms with Crippen molar-refractivity contribution in [3.05, 3.63) is 41.1 Å². The Labute approximate surface area is 137 Å². The summed E-state index contributed by atoms with van der Waals surface area (Å²) in [6.07, 6.45) is 1.77. The van der Waals surface area contributed by atoms with Crippen LogP contribution in [0.3, 0.4) is 0 Å². The van der Waals surface area contributed by atoms with Crippen LogP contribution in [0.2, 0.25) is 0 Å². The molecule has 1 atom stereocenters. The number of likely N-dealkylation sites (tertiary alicyclic amines) is 1. The van der Waals surface area contributed by atoms with Crippen molar-refractivity contribution in [1.29, 1.82) is 0 Å². The molecule has 0 spiro atoms. The molecule has 1 aromatic carbocycles. The molecule has 1 N–H and O–H groups in total. The number of pyridine rings is 1. The topological polar surface area (TPSA) is 53.4 Å². The summed E-state index contributed by atoms with van der Waals surface area (Å²) in [5, 5.41) is 11.3. The molecule has 1 saturated heterocycles. The molecule has 4 heteroatoms. The molecule has 1 unspecified atom stereocenters. The average Bonchev–Trinajstić information content (AvgIpc) is 2.96. The highest BCUT2D eigenvalue weighted by Gasteiger charge is 2.39. The number of benzene rings is 1. The quantitative estimate of drug-likeness (QED) is 0.926. The van der Waals surface area contributed by atoms with Gasteiger partial charge < -0.3 is 10.0 Å². The van der Waals surface area contributed by atoms with Crippen LogP contribution in [0.15, 0.2) is 24.3 Å². The molecule has 1 aliphatic heterocycles. The van der Waals surface area contributed by atoms with E-state index in [1.807, 2.05) is 36.9 Å². The third kappa shape index (κ3) is 2.95. The van der Waals surface area contributed by atoms with Crippen molar-refractivity contribution >= 4 is 16.8 Å². The lowest BCUT2D eigenvalue weighted by Gasteiger charge is -2.34. The summed E-state index contributed by atoms with van der Waals surface area (Å²) in [7, 11) is 0. The van der Waals surface area contributed by atoms with E-state index in [1.54, 1.807) is 13.8 Å². The number of amides is 1. The predicted molar refractivity (Wildman–Crippen MR) is 91.6 cm³/mol. The van der Waals surface area contributed by atoms with Crippen LogP contribution in [0.5, 0.6) is 0 Å². The predicted octanol–water partition coefficient (Wildman–Crippen LogP) is 3.23. The molecule has 2 aromatic rings. The van der Waals surface area contributed by atoms with E-state index in [9.17, 15) is 9.90 Å². The van der Waals surface area contributed by atoms with Gasteiger partial charge in [0.1, 0.15) is 0 Å². The minimum Gasteiger partial charge on any atom is -0.388 e. The molecular formula is C19H24N2O2. The Balaban J connectivity index is 2.02. The van der Waals surface area contributed by atoms with E-state index in [0.29, 0.717) is 12.1 Å². The number of aryl methyl sites for hydroxylation is 2. The molecule has 0 bridgehead atoms. The van der Waals surface area contributed by atoms with Gasteiger partial charge in [0.25, 0.3) is 5.91 Å². The van der Waals surface area contributed by atoms with Gasteiger partial charge in [-0.2, -0.15) is 0 Å². The molecular weight excluding hydrogens is 288 g/mol. The molecule has 0 saturated carbocycles. The maximum absolute atomic E-state index is 13.0. The minimum atomic E-state index is -0.888. The standard InChI is InChI=1S/C19H24N2O2/c1-12-7-8-16-14(10-12)11-15(13(2)20-16)18(22)21-9-5-6-17(21)19(3,4)23/h7-8,10-11,17,23H,5-6,9H2,1-4H3. The SMILES string of the molecule is Cc1ccc2nc(C)c(C(=O)N3CCCC3C(C)(C)O)cc2c1. The molecule has 2 heterocycles. The zero-order valence-electron chi connectivity index (χ0n) is 14.3. The molecule has 3 rings (SSSR count). The van der Waals surface area contributed by atoms with Gasteiger partial charge in [0, 0.05) is 11.9 Å². The van der Waals surface area contributed by atoms with Gasteiger partial charge in [-0.1, -0.05) is 11.6 Å². The molecule has 0 aliphatic carbocycles. The number of carbonyl (C=O) groups excluding carboxylic acids is 1. The fourth-order valence-corrected chi connectivity index (χ4v) is 3.51. The second kappa shape index (κ2) is 5.60. The van der Waals surface area contributed by atoms with Crippen molar-refractivity contribution in [2.24, 2.45) is 0 Å². The number of carbonyl (C=O) groups is 1. The lowest BCUT2D eigenvalue weighted by atomic mass is 9.96. The molecule has 122 valence electrons. The molecule has 0 radical (unpaired) electrons. The van der Waals surface area contributed by atoms with Gasteiger partial charge in [-0.15, -0.1) is 0 Å². The second-order valence-electron chi connectivity index (χ2n) is 7.13. The summed E-state index contributed by atoms with van der Waals surface area (Å²) in [6, 6.07) is 7.87. The normalized spacial score (nSPS) is 18.7. The van der Waals surface area contributed by atoms with Crippen LogP contribution in [-0.4, -0.2) is 39.1 Å². The highest BCUT2D eigenvalue weighted by Crippen LogP contribution is 2.29. The fourth-order valence-electron chi connectivity index (χ4n) is 3.51. The first-order valence-electron chi connectivity index (χ1n) is 8.19. The van der Waals surface area contributed by atoms with Crippen LogP contribution >= 0.6 is 0 Å². The first-order chi connectivity index (χ1) is 10.8. The van der Waals surface area contributed by atoms with Gasteiger partial charge in [0.05, 0.1) is 28.4 Å². The Morgan fingerprint density at radius 1 is 1.30 bits per heavy atom. The average molecular weight is 312 g/mol. The van der Waals surface area contributed by atoms with Crippen molar-refractivity contribution < 1.29 is 9.90 Å². The zero-order valence-corrected chi connectivity index (χ0v) is 14.3. The van der Waals surface area contributed by atoms with E-state index in [4.69, 9.17) is 0 Å². The van der Waals surface area contributed by atoms with E-state index in [1.165, 1.54) is 0 Å². The Morgan fingerprint density at radius 3 is 2.74 bits per heavy atom. The monoisotopic (exact) mass is 312 g/mol.